The van der Waals surface area contributed by atoms with E-state index in [4.69, 9.17) is 4.74 Å². The monoisotopic (exact) mass is 417 g/mol. The number of hydrogen-bond acceptors (Lipinski definition) is 7. The minimum absolute atomic E-state index is 0.125. The molecule has 2 aromatic rings. The van der Waals surface area contributed by atoms with E-state index in [2.05, 4.69) is 27.2 Å². The molecular formula is C20H27N5O3S. The Kier molecular flexibility index (Phi) is 5.96. The van der Waals surface area contributed by atoms with Crippen LogP contribution in [0.4, 0.5) is 11.1 Å². The molecule has 1 atom stereocenters. The van der Waals surface area contributed by atoms with E-state index in [0.717, 1.165) is 25.0 Å². The highest BCUT2D eigenvalue weighted by Crippen LogP contribution is 2.32. The number of anilines is 2. The van der Waals surface area contributed by atoms with E-state index in [9.17, 15) is 9.59 Å². The Morgan fingerprint density at radius 2 is 2.14 bits per heavy atom. The van der Waals surface area contributed by atoms with Crippen LogP contribution in [0.3, 0.4) is 0 Å². The second kappa shape index (κ2) is 8.62. The van der Waals surface area contributed by atoms with E-state index in [0.29, 0.717) is 61.0 Å². The van der Waals surface area contributed by atoms with E-state index in [1.54, 1.807) is 11.3 Å². The predicted molar refractivity (Wildman–Crippen MR) is 113 cm³/mol. The number of thiazole rings is 1. The van der Waals surface area contributed by atoms with Crippen molar-refractivity contribution in [2.45, 2.75) is 46.0 Å². The number of amides is 1. The normalized spacial score (nSPS) is 19.1. The number of aryl methyl sites for hydroxylation is 2. The molecule has 0 bridgehead atoms. The Balaban J connectivity index is 1.37. The van der Waals surface area contributed by atoms with Crippen molar-refractivity contribution in [1.82, 2.24) is 15.0 Å². The van der Waals surface area contributed by atoms with Crippen LogP contribution in [-0.4, -0.2) is 47.2 Å². The Bertz CT molecular complexity index is 948. The molecule has 8 nitrogen and oxygen atoms in total. The maximum atomic E-state index is 12.5. The van der Waals surface area contributed by atoms with Crippen LogP contribution in [0, 0.1) is 12.8 Å². The molecule has 29 heavy (non-hydrogen) atoms. The van der Waals surface area contributed by atoms with Crippen LogP contribution in [0.25, 0.3) is 0 Å². The number of fused-ring (bicyclic) bond motifs is 1. The molecule has 0 radical (unpaired) electrons. The van der Waals surface area contributed by atoms with E-state index < -0.39 is 0 Å². The van der Waals surface area contributed by atoms with E-state index in [-0.39, 0.29) is 17.9 Å². The van der Waals surface area contributed by atoms with Crippen LogP contribution in [-0.2, 0) is 28.8 Å². The summed E-state index contributed by atoms with van der Waals surface area (Å²) in [6, 6.07) is 0. The smallest absolute Gasteiger partial charge is 0.255 e. The average molecular weight is 418 g/mol. The number of H-pyrrole nitrogens is 1. The van der Waals surface area contributed by atoms with Gasteiger partial charge in [0.05, 0.1) is 18.9 Å². The molecule has 1 aliphatic heterocycles. The topological polar surface area (TPSA) is 100 Å². The quantitative estimate of drug-likeness (QED) is 0.773. The number of ether oxygens (including phenoxy) is 1. The number of carbonyl (C=O) groups is 1. The van der Waals surface area contributed by atoms with E-state index in [1.165, 1.54) is 4.88 Å². The molecule has 156 valence electrons. The SMILES string of the molecule is Cc1nc(N2CCOCC2)[nH]c(=O)c1CCC(=O)Nc1nc2c(s1)CC(C)CC2. The Morgan fingerprint density at radius 3 is 2.90 bits per heavy atom. The van der Waals surface area contributed by atoms with Crippen molar-refractivity contribution < 1.29 is 9.53 Å². The van der Waals surface area contributed by atoms with Gasteiger partial charge in [0.1, 0.15) is 0 Å². The third-order valence-electron chi connectivity index (χ3n) is 5.55. The molecule has 4 rings (SSSR count). The highest BCUT2D eigenvalue weighted by molar-refractivity contribution is 7.15. The van der Waals surface area contributed by atoms with Gasteiger partial charge in [-0.2, -0.15) is 0 Å². The molecule has 3 heterocycles. The molecule has 1 saturated heterocycles. The summed E-state index contributed by atoms with van der Waals surface area (Å²) in [5, 5.41) is 3.57. The number of morpholine rings is 1. The zero-order chi connectivity index (χ0) is 20.4. The number of aromatic amines is 1. The lowest BCUT2D eigenvalue weighted by Gasteiger charge is -2.27. The zero-order valence-electron chi connectivity index (χ0n) is 16.9. The van der Waals surface area contributed by atoms with Gasteiger partial charge >= 0.3 is 0 Å². The molecule has 1 amide bonds. The Morgan fingerprint density at radius 1 is 1.34 bits per heavy atom. The first kappa shape index (κ1) is 20.0. The van der Waals surface area contributed by atoms with Crippen molar-refractivity contribution in [3.63, 3.8) is 0 Å². The number of aromatic nitrogens is 3. The summed E-state index contributed by atoms with van der Waals surface area (Å²) in [7, 11) is 0. The first-order valence-electron chi connectivity index (χ1n) is 10.2. The Labute approximate surface area is 173 Å². The number of hydrogen-bond donors (Lipinski definition) is 2. The molecule has 2 aliphatic rings. The summed E-state index contributed by atoms with van der Waals surface area (Å²) in [5.74, 6) is 1.13. The van der Waals surface area contributed by atoms with Gasteiger partial charge in [0, 0.05) is 35.6 Å². The fourth-order valence-corrected chi connectivity index (χ4v) is 5.02. The Hall–Kier alpha value is -2.26. The van der Waals surface area contributed by atoms with Crippen molar-refractivity contribution in [2.24, 2.45) is 5.92 Å². The average Bonchev–Trinajstić information content (AvgIpc) is 3.09. The third kappa shape index (κ3) is 4.67. The van der Waals surface area contributed by atoms with Crippen LogP contribution in [0.1, 0.15) is 41.6 Å². The number of nitrogens with zero attached hydrogens (tertiary/aromatic N) is 3. The molecule has 9 heteroatoms. The molecule has 1 fully saturated rings. The maximum Gasteiger partial charge on any atom is 0.255 e. The van der Waals surface area contributed by atoms with Crippen molar-refractivity contribution in [3.05, 3.63) is 32.2 Å². The van der Waals surface area contributed by atoms with Crippen LogP contribution < -0.4 is 15.8 Å². The van der Waals surface area contributed by atoms with E-state index in [1.807, 2.05) is 11.8 Å². The summed E-state index contributed by atoms with van der Waals surface area (Å²) in [6.45, 7) is 6.75. The zero-order valence-corrected chi connectivity index (χ0v) is 17.7. The standard InChI is InChI=1S/C20H27N5O3S/c1-12-3-5-15-16(11-12)29-20(22-15)23-17(26)6-4-14-13(2)21-19(24-18(14)27)25-7-9-28-10-8-25/h12H,3-11H2,1-2H3,(H,21,24,27)(H,22,23,26). The molecule has 1 aliphatic carbocycles. The second-order valence-electron chi connectivity index (χ2n) is 7.84. The maximum absolute atomic E-state index is 12.5. The minimum atomic E-state index is -0.175. The number of rotatable bonds is 5. The van der Waals surface area contributed by atoms with E-state index >= 15 is 0 Å². The lowest BCUT2D eigenvalue weighted by Crippen LogP contribution is -2.38. The van der Waals surface area contributed by atoms with Gasteiger partial charge in [0.15, 0.2) is 5.13 Å². The predicted octanol–water partition coefficient (Wildman–Crippen LogP) is 2.07. The molecule has 2 aromatic heterocycles. The molecule has 0 saturated carbocycles. The number of carbonyl (C=O) groups excluding carboxylic acids is 1. The van der Waals surface area contributed by atoms with Gasteiger partial charge in [0.25, 0.3) is 5.56 Å². The summed E-state index contributed by atoms with van der Waals surface area (Å²) in [6.07, 6.45) is 3.76. The van der Waals surface area contributed by atoms with Gasteiger partial charge in [-0.1, -0.05) is 6.92 Å². The highest BCUT2D eigenvalue weighted by Gasteiger charge is 2.21. The molecular weight excluding hydrogens is 390 g/mol. The first-order chi connectivity index (χ1) is 14.0. The summed E-state index contributed by atoms with van der Waals surface area (Å²) in [5.41, 5.74) is 2.18. The van der Waals surface area contributed by atoms with Gasteiger partial charge in [-0.25, -0.2) is 9.97 Å². The summed E-state index contributed by atoms with van der Waals surface area (Å²) < 4.78 is 5.34. The third-order valence-corrected chi connectivity index (χ3v) is 6.59. The fraction of sp³-hybridized carbons (Fsp3) is 0.600. The van der Waals surface area contributed by atoms with Crippen molar-refractivity contribution in [1.29, 1.82) is 0 Å². The van der Waals surface area contributed by atoms with Crippen molar-refractivity contribution >= 4 is 28.3 Å². The highest BCUT2D eigenvalue weighted by atomic mass is 32.1. The number of nitrogens with one attached hydrogen (secondary N) is 2. The van der Waals surface area contributed by atoms with Gasteiger partial charge in [-0.15, -0.1) is 11.3 Å². The van der Waals surface area contributed by atoms with Crippen LogP contribution in [0.2, 0.25) is 0 Å². The minimum Gasteiger partial charge on any atom is -0.378 e. The fourth-order valence-electron chi connectivity index (χ4n) is 3.83. The molecule has 0 aromatic carbocycles. The first-order valence-corrected chi connectivity index (χ1v) is 11.0. The lowest BCUT2D eigenvalue weighted by molar-refractivity contribution is -0.116. The summed E-state index contributed by atoms with van der Waals surface area (Å²) in [4.78, 5) is 40.2. The molecule has 2 N–H and O–H groups in total. The van der Waals surface area contributed by atoms with Gasteiger partial charge in [0.2, 0.25) is 11.9 Å². The van der Waals surface area contributed by atoms with Gasteiger partial charge < -0.3 is 15.0 Å². The molecule has 0 spiro atoms. The second-order valence-corrected chi connectivity index (χ2v) is 8.92. The summed E-state index contributed by atoms with van der Waals surface area (Å²) >= 11 is 1.57. The van der Waals surface area contributed by atoms with Gasteiger partial charge in [-0.3, -0.25) is 14.6 Å². The van der Waals surface area contributed by atoms with Crippen LogP contribution in [0.15, 0.2) is 4.79 Å². The van der Waals surface area contributed by atoms with Crippen LogP contribution in [0.5, 0.6) is 0 Å². The van der Waals surface area contributed by atoms with Crippen molar-refractivity contribution in [2.75, 3.05) is 36.5 Å². The van der Waals surface area contributed by atoms with Crippen LogP contribution >= 0.6 is 11.3 Å². The van der Waals surface area contributed by atoms with Crippen molar-refractivity contribution in [3.8, 4) is 0 Å². The largest absolute Gasteiger partial charge is 0.378 e. The molecule has 1 unspecified atom stereocenters. The van der Waals surface area contributed by atoms with Gasteiger partial charge in [-0.05, 0) is 38.5 Å². The lowest BCUT2D eigenvalue weighted by atomic mass is 9.93.